The third kappa shape index (κ3) is 2.11. The van der Waals surface area contributed by atoms with Crippen LogP contribution in [0.1, 0.15) is 39.3 Å². The van der Waals surface area contributed by atoms with Gasteiger partial charge < -0.3 is 0 Å². The lowest BCUT2D eigenvalue weighted by atomic mass is 10.0. The fourth-order valence-electron chi connectivity index (χ4n) is 2.11. The first kappa shape index (κ1) is 11.2. The lowest BCUT2D eigenvalue weighted by Crippen LogP contribution is -2.02. The van der Waals surface area contributed by atoms with Gasteiger partial charge in [0.1, 0.15) is 0 Å². The highest BCUT2D eigenvalue weighted by molar-refractivity contribution is 5.79. The zero-order valence-corrected chi connectivity index (χ0v) is 10.6. The minimum absolute atomic E-state index is 0.424. The van der Waals surface area contributed by atoms with E-state index in [-0.39, 0.29) is 0 Å². The van der Waals surface area contributed by atoms with Crippen molar-refractivity contribution in [2.45, 2.75) is 40.2 Å². The van der Waals surface area contributed by atoms with Gasteiger partial charge in [0.25, 0.3) is 0 Å². The van der Waals surface area contributed by atoms with Crippen molar-refractivity contribution >= 4 is 10.9 Å². The number of nitrogens with zero attached hydrogens (tertiary/aromatic N) is 2. The van der Waals surface area contributed by atoms with E-state index in [1.807, 2.05) is 6.20 Å². The average molecular weight is 216 g/mol. The Morgan fingerprint density at radius 1 is 1.19 bits per heavy atom. The topological polar surface area (TPSA) is 17.8 Å². The van der Waals surface area contributed by atoms with Crippen LogP contribution in [-0.2, 0) is 6.42 Å². The highest BCUT2D eigenvalue weighted by Crippen LogP contribution is 2.20. The standard InChI is InChI=1S/C14H20N2/c1-10(2)7-12-5-6-14-13(8-12)9-15-16(14)11(3)4/h5-6,8-11H,7H2,1-4H3. The molecule has 2 heteroatoms. The molecule has 0 fully saturated rings. The summed E-state index contributed by atoms with van der Waals surface area (Å²) in [6.45, 7) is 8.83. The highest BCUT2D eigenvalue weighted by atomic mass is 15.3. The van der Waals surface area contributed by atoms with E-state index in [0.717, 1.165) is 6.42 Å². The number of rotatable bonds is 3. The summed E-state index contributed by atoms with van der Waals surface area (Å²) in [5.74, 6) is 0.706. The van der Waals surface area contributed by atoms with Gasteiger partial charge in [-0.15, -0.1) is 0 Å². The molecule has 2 aromatic rings. The van der Waals surface area contributed by atoms with Crippen molar-refractivity contribution in [2.75, 3.05) is 0 Å². The van der Waals surface area contributed by atoms with Crippen LogP contribution in [0, 0.1) is 5.92 Å². The van der Waals surface area contributed by atoms with Crippen LogP contribution in [0.5, 0.6) is 0 Å². The molecule has 0 N–H and O–H groups in total. The maximum Gasteiger partial charge on any atom is 0.0685 e. The van der Waals surface area contributed by atoms with E-state index >= 15 is 0 Å². The first-order valence-corrected chi connectivity index (χ1v) is 6.04. The molecule has 1 aromatic carbocycles. The Morgan fingerprint density at radius 3 is 2.56 bits per heavy atom. The van der Waals surface area contributed by atoms with Crippen LogP contribution < -0.4 is 0 Å². The maximum atomic E-state index is 4.43. The second-order valence-corrected chi connectivity index (χ2v) is 5.17. The van der Waals surface area contributed by atoms with Crippen LogP contribution >= 0.6 is 0 Å². The van der Waals surface area contributed by atoms with E-state index in [2.05, 4.69) is 55.7 Å². The lowest BCUT2D eigenvalue weighted by molar-refractivity contribution is 0.551. The van der Waals surface area contributed by atoms with Crippen molar-refractivity contribution in [3.05, 3.63) is 30.0 Å². The van der Waals surface area contributed by atoms with Crippen LogP contribution in [0.2, 0.25) is 0 Å². The van der Waals surface area contributed by atoms with Crippen LogP contribution in [0.15, 0.2) is 24.4 Å². The molecule has 0 radical (unpaired) electrons. The van der Waals surface area contributed by atoms with Gasteiger partial charge in [0.05, 0.1) is 11.7 Å². The molecule has 0 bridgehead atoms. The zero-order chi connectivity index (χ0) is 11.7. The molecule has 0 amide bonds. The lowest BCUT2D eigenvalue weighted by Gasteiger charge is -2.08. The van der Waals surface area contributed by atoms with E-state index in [4.69, 9.17) is 0 Å². The molecule has 0 saturated carbocycles. The summed E-state index contributed by atoms with van der Waals surface area (Å²) in [4.78, 5) is 0. The van der Waals surface area contributed by atoms with Gasteiger partial charge in [0.15, 0.2) is 0 Å². The molecule has 0 atom stereocenters. The predicted molar refractivity (Wildman–Crippen MR) is 68.7 cm³/mol. The summed E-state index contributed by atoms with van der Waals surface area (Å²) in [6.07, 6.45) is 3.11. The molecular formula is C14H20N2. The average Bonchev–Trinajstić information content (AvgIpc) is 2.59. The van der Waals surface area contributed by atoms with Gasteiger partial charge >= 0.3 is 0 Å². The second-order valence-electron chi connectivity index (χ2n) is 5.17. The third-order valence-electron chi connectivity index (χ3n) is 2.79. The Balaban J connectivity index is 2.41. The fourth-order valence-corrected chi connectivity index (χ4v) is 2.11. The molecule has 86 valence electrons. The predicted octanol–water partition coefficient (Wildman–Crippen LogP) is 3.82. The van der Waals surface area contributed by atoms with Crippen LogP contribution in [0.4, 0.5) is 0 Å². The minimum atomic E-state index is 0.424. The summed E-state index contributed by atoms with van der Waals surface area (Å²) < 4.78 is 2.08. The summed E-state index contributed by atoms with van der Waals surface area (Å²) in [5, 5.41) is 5.69. The van der Waals surface area contributed by atoms with Crippen LogP contribution in [-0.4, -0.2) is 9.78 Å². The van der Waals surface area contributed by atoms with E-state index in [0.29, 0.717) is 12.0 Å². The molecule has 2 nitrogen and oxygen atoms in total. The van der Waals surface area contributed by atoms with Gasteiger partial charge in [-0.1, -0.05) is 19.9 Å². The normalized spacial score (nSPS) is 11.9. The number of benzene rings is 1. The van der Waals surface area contributed by atoms with Crippen molar-refractivity contribution < 1.29 is 0 Å². The molecule has 0 saturated heterocycles. The fraction of sp³-hybridized carbons (Fsp3) is 0.500. The van der Waals surface area contributed by atoms with E-state index in [1.54, 1.807) is 0 Å². The minimum Gasteiger partial charge on any atom is -0.262 e. The Bertz CT molecular complexity index is 480. The Morgan fingerprint density at radius 2 is 1.94 bits per heavy atom. The third-order valence-corrected chi connectivity index (χ3v) is 2.79. The quantitative estimate of drug-likeness (QED) is 0.762. The van der Waals surface area contributed by atoms with Gasteiger partial charge in [-0.25, -0.2) is 0 Å². The maximum absolute atomic E-state index is 4.43. The van der Waals surface area contributed by atoms with Gasteiger partial charge in [0, 0.05) is 11.4 Å². The first-order valence-electron chi connectivity index (χ1n) is 6.04. The number of fused-ring (bicyclic) bond motifs is 1. The smallest absolute Gasteiger partial charge is 0.0685 e. The largest absolute Gasteiger partial charge is 0.262 e. The summed E-state index contributed by atoms with van der Waals surface area (Å²) >= 11 is 0. The molecule has 1 heterocycles. The zero-order valence-electron chi connectivity index (χ0n) is 10.6. The highest BCUT2D eigenvalue weighted by Gasteiger charge is 2.06. The Kier molecular flexibility index (Phi) is 2.99. The first-order chi connectivity index (χ1) is 7.58. The Hall–Kier alpha value is -1.31. The Labute approximate surface area is 97.3 Å². The molecule has 0 aliphatic heterocycles. The van der Waals surface area contributed by atoms with Crippen molar-refractivity contribution in [1.29, 1.82) is 0 Å². The molecule has 2 rings (SSSR count). The van der Waals surface area contributed by atoms with Crippen molar-refractivity contribution in [2.24, 2.45) is 5.92 Å². The monoisotopic (exact) mass is 216 g/mol. The van der Waals surface area contributed by atoms with E-state index < -0.39 is 0 Å². The molecule has 0 unspecified atom stereocenters. The summed E-state index contributed by atoms with van der Waals surface area (Å²) in [7, 11) is 0. The molecule has 1 aromatic heterocycles. The van der Waals surface area contributed by atoms with Crippen LogP contribution in [0.25, 0.3) is 10.9 Å². The van der Waals surface area contributed by atoms with Gasteiger partial charge in [-0.05, 0) is 43.9 Å². The van der Waals surface area contributed by atoms with E-state index in [1.165, 1.54) is 16.5 Å². The number of hydrogen-bond donors (Lipinski definition) is 0. The van der Waals surface area contributed by atoms with Gasteiger partial charge in [-0.3, -0.25) is 4.68 Å². The molecular weight excluding hydrogens is 196 g/mol. The summed E-state index contributed by atoms with van der Waals surface area (Å²) in [6, 6.07) is 7.11. The van der Waals surface area contributed by atoms with Crippen molar-refractivity contribution in [3.8, 4) is 0 Å². The second kappa shape index (κ2) is 4.28. The molecule has 0 aliphatic rings. The summed E-state index contributed by atoms with van der Waals surface area (Å²) in [5.41, 5.74) is 2.65. The van der Waals surface area contributed by atoms with Gasteiger partial charge in [0.2, 0.25) is 0 Å². The van der Waals surface area contributed by atoms with Crippen molar-refractivity contribution in [1.82, 2.24) is 9.78 Å². The molecule has 0 aliphatic carbocycles. The number of hydrogen-bond acceptors (Lipinski definition) is 1. The van der Waals surface area contributed by atoms with Crippen molar-refractivity contribution in [3.63, 3.8) is 0 Å². The molecule has 0 spiro atoms. The molecule has 16 heavy (non-hydrogen) atoms. The number of aromatic nitrogens is 2. The van der Waals surface area contributed by atoms with E-state index in [9.17, 15) is 0 Å². The van der Waals surface area contributed by atoms with Crippen LogP contribution in [0.3, 0.4) is 0 Å². The SMILES string of the molecule is CC(C)Cc1ccc2c(cnn2C(C)C)c1. The van der Waals surface area contributed by atoms with Gasteiger partial charge in [-0.2, -0.15) is 5.10 Å².